The Bertz CT molecular complexity index is 1160. The molecule has 0 radical (unpaired) electrons. The van der Waals surface area contributed by atoms with E-state index in [9.17, 15) is 0 Å². The monoisotopic (exact) mass is 652 g/mol. The minimum absolute atomic E-state index is 0.00440. The lowest BCUT2D eigenvalue weighted by Gasteiger charge is -2.38. The summed E-state index contributed by atoms with van der Waals surface area (Å²) in [6, 6.07) is 10.9. The maximum atomic E-state index is 9.13. The first-order valence-corrected chi connectivity index (χ1v) is 20.9. The summed E-state index contributed by atoms with van der Waals surface area (Å²) < 4.78 is 26.7. The van der Waals surface area contributed by atoms with Crippen molar-refractivity contribution in [1.29, 1.82) is 0 Å². The summed E-state index contributed by atoms with van der Waals surface area (Å²) in [5.74, 6) is 1.72. The molecule has 3 aliphatic rings. The molecule has 2 unspecified atom stereocenters. The van der Waals surface area contributed by atoms with Crippen molar-refractivity contribution in [2.75, 3.05) is 13.2 Å². The van der Waals surface area contributed by atoms with Gasteiger partial charge in [0.2, 0.25) is 0 Å². The van der Waals surface area contributed by atoms with E-state index < -0.39 is 8.32 Å². The molecule has 5 nitrogen and oxygen atoms in total. The van der Waals surface area contributed by atoms with E-state index in [0.29, 0.717) is 23.7 Å². The number of rotatable bonds is 14. The number of benzene rings is 1. The molecule has 0 aromatic heterocycles. The van der Waals surface area contributed by atoms with Crippen molar-refractivity contribution in [3.05, 3.63) is 72.4 Å². The van der Waals surface area contributed by atoms with Crippen molar-refractivity contribution < 1.29 is 23.7 Å². The minimum Gasteiger partial charge on any atom is -0.417 e. The quantitative estimate of drug-likeness (QED) is 0.161. The van der Waals surface area contributed by atoms with Crippen LogP contribution in [0.3, 0.4) is 0 Å². The maximum absolute atomic E-state index is 9.13. The van der Waals surface area contributed by atoms with Crippen molar-refractivity contribution in [3.63, 3.8) is 0 Å². The molecule has 0 aliphatic carbocycles. The Hall–Kier alpha value is -1.54. The van der Waals surface area contributed by atoms with Gasteiger partial charge in [-0.3, -0.25) is 0 Å². The van der Waals surface area contributed by atoms with E-state index in [1.165, 1.54) is 11.1 Å². The Morgan fingerprint density at radius 2 is 1.74 bits per heavy atom. The van der Waals surface area contributed by atoms with Gasteiger partial charge in [-0.15, -0.1) is 0 Å². The second kappa shape index (κ2) is 16.2. The predicted molar refractivity (Wildman–Crippen MR) is 192 cm³/mol. The maximum Gasteiger partial charge on any atom is 0.191 e. The van der Waals surface area contributed by atoms with Gasteiger partial charge in [-0.05, 0) is 90.6 Å². The Morgan fingerprint density at radius 1 is 1.02 bits per heavy atom. The fraction of sp³-hybridized carbons (Fsp3) is 0.700. The largest absolute Gasteiger partial charge is 0.417 e. The predicted octanol–water partition coefficient (Wildman–Crippen LogP) is 9.08. The summed E-state index contributed by atoms with van der Waals surface area (Å²) in [6.45, 7) is 28.3. The lowest BCUT2D eigenvalue weighted by molar-refractivity contribution is -0.0740. The van der Waals surface area contributed by atoms with Crippen LogP contribution in [0.5, 0.6) is 0 Å². The molecule has 1 aromatic carbocycles. The SMILES string of the molecule is C=C1C[C@H](/C=C/CO)OC1CC[C@H]1C[C@@H](C)C(=C)C(C[C@@H]2O[C@H](C[C@H](C)CO[Si](C)(C)C(C)(C)C)[C@H](C)[C@H]2Cc2ccccc2)O1. The van der Waals surface area contributed by atoms with Gasteiger partial charge in [0.25, 0.3) is 0 Å². The molecule has 6 heteroatoms. The number of aliphatic hydroxyl groups excluding tert-OH is 1. The average molecular weight is 653 g/mol. The summed E-state index contributed by atoms with van der Waals surface area (Å²) >= 11 is 0. The fourth-order valence-electron chi connectivity index (χ4n) is 7.32. The molecule has 0 spiro atoms. The second-order valence-corrected chi connectivity index (χ2v) is 21.1. The Labute approximate surface area is 282 Å². The van der Waals surface area contributed by atoms with Gasteiger partial charge in [0.05, 0.1) is 43.2 Å². The molecule has 0 saturated carbocycles. The van der Waals surface area contributed by atoms with Gasteiger partial charge in [0.15, 0.2) is 8.32 Å². The highest BCUT2D eigenvalue weighted by Crippen LogP contribution is 2.43. The molecule has 1 N–H and O–H groups in total. The summed E-state index contributed by atoms with van der Waals surface area (Å²) in [5, 5.41) is 9.35. The molecular formula is C40H64O5Si. The summed E-state index contributed by atoms with van der Waals surface area (Å²) in [6.07, 6.45) is 10.8. The molecule has 10 atom stereocenters. The van der Waals surface area contributed by atoms with Crippen LogP contribution in [-0.4, -0.2) is 63.3 Å². The van der Waals surface area contributed by atoms with Crippen LogP contribution in [0.15, 0.2) is 66.8 Å². The van der Waals surface area contributed by atoms with Crippen LogP contribution >= 0.6 is 0 Å². The zero-order valence-corrected chi connectivity index (χ0v) is 31.2. The fourth-order valence-corrected chi connectivity index (χ4v) is 8.46. The number of aliphatic hydroxyl groups is 1. The van der Waals surface area contributed by atoms with Crippen molar-refractivity contribution in [1.82, 2.24) is 0 Å². The highest BCUT2D eigenvalue weighted by molar-refractivity contribution is 6.74. The normalized spacial score (nSPS) is 33.3. The minimum atomic E-state index is -1.79. The van der Waals surface area contributed by atoms with Crippen LogP contribution in [-0.2, 0) is 25.1 Å². The van der Waals surface area contributed by atoms with Crippen molar-refractivity contribution >= 4 is 8.32 Å². The number of hydrogen-bond acceptors (Lipinski definition) is 5. The zero-order chi connectivity index (χ0) is 33.6. The third-order valence-electron chi connectivity index (χ3n) is 11.5. The first kappa shape index (κ1) is 37.3. The molecule has 0 amide bonds. The summed E-state index contributed by atoms with van der Waals surface area (Å²) in [5.41, 5.74) is 3.73. The third-order valence-corrected chi connectivity index (χ3v) is 16.0. The molecule has 1 aromatic rings. The Kier molecular flexibility index (Phi) is 13.2. The molecule has 0 bridgehead atoms. The van der Waals surface area contributed by atoms with Crippen LogP contribution in [0.1, 0.15) is 85.6 Å². The first-order valence-electron chi connectivity index (χ1n) is 18.0. The van der Waals surface area contributed by atoms with E-state index >= 15 is 0 Å². The molecule has 258 valence electrons. The van der Waals surface area contributed by atoms with E-state index in [2.05, 4.69) is 98.1 Å². The van der Waals surface area contributed by atoms with Gasteiger partial charge in [-0.1, -0.05) is 97.2 Å². The van der Waals surface area contributed by atoms with Crippen LogP contribution in [0, 0.1) is 23.7 Å². The summed E-state index contributed by atoms with van der Waals surface area (Å²) in [7, 11) is -1.79. The van der Waals surface area contributed by atoms with Gasteiger partial charge < -0.3 is 23.7 Å². The molecule has 3 saturated heterocycles. The number of ether oxygens (including phenoxy) is 3. The first-order chi connectivity index (χ1) is 21.7. The zero-order valence-electron chi connectivity index (χ0n) is 30.2. The highest BCUT2D eigenvalue weighted by Gasteiger charge is 2.45. The Morgan fingerprint density at radius 3 is 2.41 bits per heavy atom. The lowest BCUT2D eigenvalue weighted by Crippen LogP contribution is -2.42. The highest BCUT2D eigenvalue weighted by atomic mass is 28.4. The molecule has 3 aliphatic heterocycles. The molecule has 46 heavy (non-hydrogen) atoms. The van der Waals surface area contributed by atoms with E-state index in [-0.39, 0.29) is 48.3 Å². The van der Waals surface area contributed by atoms with Crippen LogP contribution in [0.2, 0.25) is 18.1 Å². The van der Waals surface area contributed by atoms with Crippen LogP contribution in [0.4, 0.5) is 0 Å². The van der Waals surface area contributed by atoms with E-state index in [4.69, 9.17) is 23.7 Å². The van der Waals surface area contributed by atoms with E-state index in [1.54, 1.807) is 6.08 Å². The molecular weight excluding hydrogens is 589 g/mol. The van der Waals surface area contributed by atoms with E-state index in [0.717, 1.165) is 57.1 Å². The van der Waals surface area contributed by atoms with Crippen LogP contribution < -0.4 is 0 Å². The van der Waals surface area contributed by atoms with Crippen LogP contribution in [0.25, 0.3) is 0 Å². The average Bonchev–Trinajstić information content (AvgIpc) is 3.49. The van der Waals surface area contributed by atoms with Crippen molar-refractivity contribution in [2.24, 2.45) is 23.7 Å². The molecule has 3 fully saturated rings. The standard InChI is InChI=1S/C40H64O5Si/c1-27(26-42-46(9,10)40(6,7)8)21-37-31(5)35(24-32-15-12-11-13-16-32)39(45-37)25-38-30(4)28(2)22-34(44-38)18-19-36-29(3)23-33(43-36)17-14-20-41/h11-17,27-28,31,33-39,41H,3-4,18-26H2,1-2,5-10H3/b17-14+/t27-,28+,31+,33-,34-,35+,36?,37+,38?,39-/m0/s1. The molecule has 4 rings (SSSR count). The second-order valence-electron chi connectivity index (χ2n) is 16.2. The number of hydrogen-bond donors (Lipinski definition) is 1. The van der Waals surface area contributed by atoms with Gasteiger partial charge in [0.1, 0.15) is 0 Å². The van der Waals surface area contributed by atoms with Gasteiger partial charge >= 0.3 is 0 Å². The third kappa shape index (κ3) is 9.76. The topological polar surface area (TPSA) is 57.2 Å². The van der Waals surface area contributed by atoms with Crippen molar-refractivity contribution in [2.45, 2.75) is 141 Å². The Balaban J connectivity index is 1.40. The summed E-state index contributed by atoms with van der Waals surface area (Å²) in [4.78, 5) is 0. The van der Waals surface area contributed by atoms with Gasteiger partial charge in [0, 0.05) is 19.4 Å². The smallest absolute Gasteiger partial charge is 0.191 e. The lowest BCUT2D eigenvalue weighted by atomic mass is 9.78. The van der Waals surface area contributed by atoms with Crippen molar-refractivity contribution in [3.8, 4) is 0 Å². The van der Waals surface area contributed by atoms with E-state index in [1.807, 2.05) is 6.08 Å². The van der Waals surface area contributed by atoms with Gasteiger partial charge in [-0.2, -0.15) is 0 Å². The molecule has 3 heterocycles. The van der Waals surface area contributed by atoms with Gasteiger partial charge in [-0.25, -0.2) is 0 Å².